The lowest BCUT2D eigenvalue weighted by atomic mass is 9.87. The van der Waals surface area contributed by atoms with Crippen LogP contribution in [0.1, 0.15) is 11.8 Å². The van der Waals surface area contributed by atoms with Gasteiger partial charge in [-0.15, -0.1) is 0 Å². The Bertz CT molecular complexity index is 298. The van der Waals surface area contributed by atoms with Crippen molar-refractivity contribution in [3.63, 3.8) is 0 Å². The van der Waals surface area contributed by atoms with Crippen LogP contribution >= 0.6 is 11.3 Å². The molecule has 70 valence electrons. The highest BCUT2D eigenvalue weighted by Crippen LogP contribution is 2.22. The highest BCUT2D eigenvalue weighted by Gasteiger charge is 2.14. The fraction of sp³-hybridized carbons (Fsp3) is 0.375. The van der Waals surface area contributed by atoms with Crippen LogP contribution in [0.15, 0.2) is 12.3 Å². The minimum Gasteiger partial charge on any atom is -0.432 e. The number of allylic oxidation sites excluding steroid dienone is 1. The zero-order valence-corrected chi connectivity index (χ0v) is 8.88. The summed E-state index contributed by atoms with van der Waals surface area (Å²) in [6.45, 7) is 3.69. The maximum Gasteiger partial charge on any atom is 0.411 e. The molecule has 13 heavy (non-hydrogen) atoms. The summed E-state index contributed by atoms with van der Waals surface area (Å²) < 4.78 is 0. The van der Waals surface area contributed by atoms with Crippen LogP contribution in [0.4, 0.5) is 5.13 Å². The van der Waals surface area contributed by atoms with Crippen LogP contribution in [0.25, 0.3) is 6.08 Å². The van der Waals surface area contributed by atoms with Gasteiger partial charge in [-0.05, 0) is 26.9 Å². The Balaban J connectivity index is 2.79. The molecule has 5 heteroatoms. The number of hydrogen-bond acceptors (Lipinski definition) is 4. The van der Waals surface area contributed by atoms with Gasteiger partial charge >= 0.3 is 7.05 Å². The average molecular weight is 196 g/mol. The van der Waals surface area contributed by atoms with Crippen molar-refractivity contribution in [1.82, 2.24) is 4.98 Å². The highest BCUT2D eigenvalue weighted by atomic mass is 32.1. The first-order chi connectivity index (χ1) is 6.15. The van der Waals surface area contributed by atoms with Gasteiger partial charge in [-0.3, -0.25) is 0 Å². The number of anilines is 1. The molecule has 0 aliphatic rings. The van der Waals surface area contributed by atoms with Crippen LogP contribution in [0.3, 0.4) is 0 Å². The van der Waals surface area contributed by atoms with Gasteiger partial charge in [0.2, 0.25) is 0 Å². The smallest absolute Gasteiger partial charge is 0.411 e. The lowest BCUT2D eigenvalue weighted by Gasteiger charge is -2.15. The predicted octanol–water partition coefficient (Wildman–Crippen LogP) is 1.72. The van der Waals surface area contributed by atoms with Gasteiger partial charge in [0.15, 0.2) is 5.13 Å². The second-order valence-corrected chi connectivity index (χ2v) is 3.83. The van der Waals surface area contributed by atoms with E-state index in [4.69, 9.17) is 0 Å². The quantitative estimate of drug-likeness (QED) is 0.747. The fourth-order valence-electron chi connectivity index (χ4n) is 0.841. The second kappa shape index (κ2) is 4.44. The predicted molar refractivity (Wildman–Crippen MR) is 59.1 cm³/mol. The van der Waals surface area contributed by atoms with E-state index in [1.54, 1.807) is 29.2 Å². The number of aromatic nitrogens is 1. The summed E-state index contributed by atoms with van der Waals surface area (Å²) in [5.74, 6) is 0. The first-order valence-corrected chi connectivity index (χ1v) is 4.96. The van der Waals surface area contributed by atoms with Crippen molar-refractivity contribution >= 4 is 29.6 Å². The largest absolute Gasteiger partial charge is 0.432 e. The number of rotatable bonds is 3. The molecule has 3 nitrogen and oxygen atoms in total. The monoisotopic (exact) mass is 196 g/mol. The molecule has 0 unspecified atom stereocenters. The van der Waals surface area contributed by atoms with Crippen molar-refractivity contribution < 1.29 is 5.02 Å². The Morgan fingerprint density at radius 1 is 1.69 bits per heavy atom. The Hall–Kier alpha value is -0.805. The molecule has 0 radical (unpaired) electrons. The molecule has 0 amide bonds. The molecule has 1 aromatic rings. The van der Waals surface area contributed by atoms with Crippen molar-refractivity contribution in [3.05, 3.63) is 17.2 Å². The van der Waals surface area contributed by atoms with Crippen molar-refractivity contribution in [2.75, 3.05) is 11.9 Å². The van der Waals surface area contributed by atoms with Gasteiger partial charge in [-0.1, -0.05) is 17.4 Å². The molecule has 0 atom stereocenters. The second-order valence-electron chi connectivity index (χ2n) is 2.79. The standard InChI is InChI=1S/C8H13BN2OS/c1-4-5-7-6-10-8(13-7)11(3)9(2)12/h4-6,12H,1-3H3/b5-4+. The van der Waals surface area contributed by atoms with Gasteiger partial charge < -0.3 is 9.83 Å². The van der Waals surface area contributed by atoms with E-state index in [0.717, 1.165) is 10.0 Å². The first-order valence-electron chi connectivity index (χ1n) is 4.14. The van der Waals surface area contributed by atoms with Crippen LogP contribution < -0.4 is 4.81 Å². The molecule has 1 aromatic heterocycles. The van der Waals surface area contributed by atoms with E-state index < -0.39 is 7.05 Å². The third kappa shape index (κ3) is 2.57. The Morgan fingerprint density at radius 3 is 2.92 bits per heavy atom. The van der Waals surface area contributed by atoms with E-state index in [-0.39, 0.29) is 0 Å². The minimum atomic E-state index is -0.496. The third-order valence-electron chi connectivity index (χ3n) is 1.70. The molecule has 0 bridgehead atoms. The summed E-state index contributed by atoms with van der Waals surface area (Å²) in [7, 11) is 1.33. The van der Waals surface area contributed by atoms with E-state index in [0.29, 0.717) is 0 Å². The third-order valence-corrected chi connectivity index (χ3v) is 2.76. The van der Waals surface area contributed by atoms with Crippen LogP contribution in [-0.2, 0) is 0 Å². The van der Waals surface area contributed by atoms with Crippen LogP contribution in [0, 0.1) is 0 Å². The number of thiazole rings is 1. The van der Waals surface area contributed by atoms with Gasteiger partial charge in [-0.2, -0.15) is 0 Å². The molecule has 0 aliphatic heterocycles. The summed E-state index contributed by atoms with van der Waals surface area (Å²) in [6, 6.07) is 0. The van der Waals surface area contributed by atoms with E-state index in [2.05, 4.69) is 4.98 Å². The van der Waals surface area contributed by atoms with E-state index in [1.807, 2.05) is 26.1 Å². The Kier molecular flexibility index (Phi) is 3.51. The molecule has 1 rings (SSSR count). The average Bonchev–Trinajstić information content (AvgIpc) is 2.52. The summed E-state index contributed by atoms with van der Waals surface area (Å²) in [5, 5.41) is 10.1. The SMILES string of the molecule is C/C=C/c1cnc(N(C)B(C)O)s1. The van der Waals surface area contributed by atoms with E-state index in [9.17, 15) is 5.02 Å². The summed E-state index contributed by atoms with van der Waals surface area (Å²) in [5.41, 5.74) is 0. The van der Waals surface area contributed by atoms with Crippen LogP contribution in [0.2, 0.25) is 6.82 Å². The fourth-order valence-corrected chi connectivity index (χ4v) is 1.76. The van der Waals surface area contributed by atoms with Gasteiger partial charge in [-0.25, -0.2) is 4.98 Å². The molecule has 0 fully saturated rings. The van der Waals surface area contributed by atoms with Gasteiger partial charge in [0.25, 0.3) is 0 Å². The first kappa shape index (κ1) is 10.3. The molecular weight excluding hydrogens is 183 g/mol. The van der Waals surface area contributed by atoms with Gasteiger partial charge in [0.1, 0.15) is 0 Å². The maximum atomic E-state index is 9.29. The molecular formula is C8H13BN2OS. The number of nitrogens with zero attached hydrogens (tertiary/aromatic N) is 2. The molecule has 1 N–H and O–H groups in total. The van der Waals surface area contributed by atoms with Crippen molar-refractivity contribution in [2.45, 2.75) is 13.7 Å². The minimum absolute atomic E-state index is 0.496. The molecule has 0 spiro atoms. The molecule has 1 heterocycles. The Labute approximate surface area is 82.9 Å². The molecule has 0 saturated carbocycles. The highest BCUT2D eigenvalue weighted by molar-refractivity contribution is 7.16. The molecule has 0 saturated heterocycles. The molecule has 0 aromatic carbocycles. The normalized spacial score (nSPS) is 10.8. The van der Waals surface area contributed by atoms with Gasteiger partial charge in [0, 0.05) is 11.1 Å². The van der Waals surface area contributed by atoms with Crippen LogP contribution in [0.5, 0.6) is 0 Å². The number of hydrogen-bond donors (Lipinski definition) is 1. The molecule has 0 aliphatic carbocycles. The lowest BCUT2D eigenvalue weighted by Crippen LogP contribution is -2.32. The topological polar surface area (TPSA) is 36.4 Å². The summed E-state index contributed by atoms with van der Waals surface area (Å²) in [4.78, 5) is 7.02. The van der Waals surface area contributed by atoms with Gasteiger partial charge in [0.05, 0.1) is 0 Å². The lowest BCUT2D eigenvalue weighted by molar-refractivity contribution is 0.575. The zero-order chi connectivity index (χ0) is 9.84. The zero-order valence-electron chi connectivity index (χ0n) is 8.06. The van der Waals surface area contributed by atoms with E-state index >= 15 is 0 Å². The summed E-state index contributed by atoms with van der Waals surface area (Å²) >= 11 is 1.56. The van der Waals surface area contributed by atoms with E-state index in [1.165, 1.54) is 0 Å². The maximum absolute atomic E-state index is 9.29. The van der Waals surface area contributed by atoms with Crippen LogP contribution in [-0.4, -0.2) is 24.1 Å². The summed E-state index contributed by atoms with van der Waals surface area (Å²) in [6.07, 6.45) is 5.77. The van der Waals surface area contributed by atoms with Crippen molar-refractivity contribution in [2.24, 2.45) is 0 Å². The van der Waals surface area contributed by atoms with Crippen molar-refractivity contribution in [3.8, 4) is 0 Å². The van der Waals surface area contributed by atoms with Crippen molar-refractivity contribution in [1.29, 1.82) is 0 Å². The Morgan fingerprint density at radius 2 is 2.38 bits per heavy atom.